The van der Waals surface area contributed by atoms with Crippen LogP contribution in [0, 0.1) is 0 Å². The number of para-hydroxylation sites is 1. The quantitative estimate of drug-likeness (QED) is 0.651. The number of piperidine rings is 1. The molecule has 0 bridgehead atoms. The second-order valence-corrected chi connectivity index (χ2v) is 9.37. The molecule has 2 aromatic rings. The van der Waals surface area contributed by atoms with Gasteiger partial charge in [0, 0.05) is 26.4 Å². The topological polar surface area (TPSA) is 121 Å². The van der Waals surface area contributed by atoms with Crippen LogP contribution in [-0.2, 0) is 26.1 Å². The maximum Gasteiger partial charge on any atom is 0.410 e. The van der Waals surface area contributed by atoms with Crippen LogP contribution in [0.15, 0.2) is 18.2 Å². The van der Waals surface area contributed by atoms with Crippen molar-refractivity contribution in [1.82, 2.24) is 19.8 Å². The Hall–Kier alpha value is -3.34. The number of carbonyl (C=O) groups excluding carboxylic acids is 3. The van der Waals surface area contributed by atoms with E-state index in [1.807, 2.05) is 39.0 Å². The molecule has 3 amide bonds. The molecule has 0 spiro atoms. The molecule has 2 aliphatic rings. The molecule has 1 aromatic heterocycles. The molecule has 0 radical (unpaired) electrons. The lowest BCUT2D eigenvalue weighted by molar-refractivity contribution is -0.139. The predicted octanol–water partition coefficient (Wildman–Crippen LogP) is 1.77. The van der Waals surface area contributed by atoms with Crippen LogP contribution in [0.2, 0.25) is 0 Å². The van der Waals surface area contributed by atoms with E-state index < -0.39 is 17.6 Å². The third-order valence-corrected chi connectivity index (χ3v) is 5.47. The molecule has 11 nitrogen and oxygen atoms in total. The van der Waals surface area contributed by atoms with Crippen LogP contribution in [0.5, 0.6) is 11.8 Å². The van der Waals surface area contributed by atoms with E-state index in [1.165, 1.54) is 0 Å². The summed E-state index contributed by atoms with van der Waals surface area (Å²) >= 11 is 0. The van der Waals surface area contributed by atoms with Crippen molar-refractivity contribution in [3.63, 3.8) is 0 Å². The smallest absolute Gasteiger partial charge is 0.410 e. The molecule has 2 saturated heterocycles. The third-order valence-electron chi connectivity index (χ3n) is 5.47. The molecule has 11 heteroatoms. The standard InChI is InChI=1S/C23H30N4O7/c1-23(2,3)34-22(30)27-10-11-31-14(12-27)13-32-16-7-5-6-15-19(16)26(4)21(24-15)33-17-8-9-18(28)25-20(17)29/h5-7,14,17H,8-13H2,1-4H3,(H,25,28,29)/t14-,17?/m0/s1. The fourth-order valence-electron chi connectivity index (χ4n) is 3.84. The van der Waals surface area contributed by atoms with Crippen molar-refractivity contribution >= 4 is 28.9 Å². The van der Waals surface area contributed by atoms with Gasteiger partial charge in [-0.3, -0.25) is 19.5 Å². The monoisotopic (exact) mass is 474 g/mol. The Morgan fingerprint density at radius 3 is 2.82 bits per heavy atom. The number of aromatic nitrogens is 2. The first-order valence-corrected chi connectivity index (χ1v) is 11.3. The molecule has 2 atom stereocenters. The molecule has 2 aliphatic heterocycles. The SMILES string of the molecule is Cn1c(OC2CCC(=O)NC2=O)nc2cccc(OC[C@@H]3CN(C(=O)OC(C)(C)C)CCO3)c21. The number of hydrogen-bond acceptors (Lipinski definition) is 8. The van der Waals surface area contributed by atoms with Gasteiger partial charge in [0.05, 0.1) is 18.7 Å². The van der Waals surface area contributed by atoms with E-state index in [9.17, 15) is 14.4 Å². The highest BCUT2D eigenvalue weighted by Crippen LogP contribution is 2.30. The van der Waals surface area contributed by atoms with E-state index in [0.29, 0.717) is 42.9 Å². The molecule has 184 valence electrons. The predicted molar refractivity (Wildman–Crippen MR) is 121 cm³/mol. The first-order valence-electron chi connectivity index (χ1n) is 11.3. The molecule has 2 fully saturated rings. The van der Waals surface area contributed by atoms with E-state index >= 15 is 0 Å². The van der Waals surface area contributed by atoms with Gasteiger partial charge in [0.25, 0.3) is 11.9 Å². The van der Waals surface area contributed by atoms with Gasteiger partial charge in [0.1, 0.15) is 29.6 Å². The summed E-state index contributed by atoms with van der Waals surface area (Å²) in [7, 11) is 1.77. The minimum Gasteiger partial charge on any atom is -0.489 e. The summed E-state index contributed by atoms with van der Waals surface area (Å²) < 4.78 is 24.8. The number of aryl methyl sites for hydroxylation is 1. The lowest BCUT2D eigenvalue weighted by atomic mass is 10.1. The van der Waals surface area contributed by atoms with Crippen LogP contribution in [0.1, 0.15) is 33.6 Å². The van der Waals surface area contributed by atoms with Gasteiger partial charge in [-0.1, -0.05) is 6.07 Å². The number of imide groups is 1. The van der Waals surface area contributed by atoms with E-state index in [-0.39, 0.29) is 37.1 Å². The van der Waals surface area contributed by atoms with Gasteiger partial charge in [-0.2, -0.15) is 4.98 Å². The summed E-state index contributed by atoms with van der Waals surface area (Å²) in [5.41, 5.74) is 0.774. The zero-order valence-corrected chi connectivity index (χ0v) is 19.8. The maximum absolute atomic E-state index is 12.4. The fourth-order valence-corrected chi connectivity index (χ4v) is 3.84. The number of imidazole rings is 1. The van der Waals surface area contributed by atoms with Crippen molar-refractivity contribution in [3.05, 3.63) is 18.2 Å². The van der Waals surface area contributed by atoms with Crippen molar-refractivity contribution in [2.24, 2.45) is 7.05 Å². The van der Waals surface area contributed by atoms with E-state index in [4.69, 9.17) is 18.9 Å². The largest absolute Gasteiger partial charge is 0.489 e. The van der Waals surface area contributed by atoms with Gasteiger partial charge in [0.15, 0.2) is 6.10 Å². The summed E-state index contributed by atoms with van der Waals surface area (Å²) in [5.74, 6) is -0.201. The first-order chi connectivity index (χ1) is 16.1. The second kappa shape index (κ2) is 9.49. The molecule has 0 saturated carbocycles. The van der Waals surface area contributed by atoms with Gasteiger partial charge in [-0.25, -0.2) is 4.79 Å². The van der Waals surface area contributed by atoms with Gasteiger partial charge >= 0.3 is 6.09 Å². The number of hydrogen-bond donors (Lipinski definition) is 1. The molecular formula is C23H30N4O7. The Balaban J connectivity index is 1.43. The minimum absolute atomic E-state index is 0.219. The number of rotatable bonds is 5. The summed E-state index contributed by atoms with van der Waals surface area (Å²) in [5, 5.41) is 2.28. The van der Waals surface area contributed by atoms with E-state index in [2.05, 4.69) is 10.3 Å². The Labute approximate surface area is 197 Å². The lowest BCUT2D eigenvalue weighted by Gasteiger charge is -2.34. The highest BCUT2D eigenvalue weighted by molar-refractivity contribution is 6.00. The van der Waals surface area contributed by atoms with E-state index in [0.717, 1.165) is 0 Å². The van der Waals surface area contributed by atoms with Crippen molar-refractivity contribution in [3.8, 4) is 11.8 Å². The first kappa shape index (κ1) is 23.8. The number of morpholine rings is 1. The van der Waals surface area contributed by atoms with Gasteiger partial charge in [0.2, 0.25) is 5.91 Å². The number of ether oxygens (including phenoxy) is 4. The van der Waals surface area contributed by atoms with Crippen molar-refractivity contribution in [2.75, 3.05) is 26.3 Å². The van der Waals surface area contributed by atoms with Crippen LogP contribution >= 0.6 is 0 Å². The average Bonchev–Trinajstić information content (AvgIpc) is 3.09. The molecule has 1 unspecified atom stereocenters. The highest BCUT2D eigenvalue weighted by Gasteiger charge is 2.31. The molecule has 3 heterocycles. The number of benzene rings is 1. The number of carbonyl (C=O) groups is 3. The zero-order chi connectivity index (χ0) is 24.5. The average molecular weight is 475 g/mol. The van der Waals surface area contributed by atoms with Crippen LogP contribution in [-0.4, -0.2) is 76.5 Å². The molecular weight excluding hydrogens is 444 g/mol. The van der Waals surface area contributed by atoms with Gasteiger partial charge < -0.3 is 23.8 Å². The van der Waals surface area contributed by atoms with Crippen LogP contribution in [0.4, 0.5) is 4.79 Å². The second-order valence-electron chi connectivity index (χ2n) is 9.37. The summed E-state index contributed by atoms with van der Waals surface area (Å²) in [6, 6.07) is 5.70. The number of nitrogens with one attached hydrogen (secondary N) is 1. The number of amides is 3. The number of fused-ring (bicyclic) bond motifs is 1. The molecule has 34 heavy (non-hydrogen) atoms. The summed E-state index contributed by atoms with van der Waals surface area (Å²) in [4.78, 5) is 41.9. The van der Waals surface area contributed by atoms with Gasteiger partial charge in [-0.05, 0) is 32.9 Å². The summed E-state index contributed by atoms with van der Waals surface area (Å²) in [6.07, 6.45) is -0.957. The Morgan fingerprint density at radius 2 is 2.09 bits per heavy atom. The zero-order valence-electron chi connectivity index (χ0n) is 19.8. The van der Waals surface area contributed by atoms with Crippen molar-refractivity contribution in [1.29, 1.82) is 0 Å². The van der Waals surface area contributed by atoms with Crippen LogP contribution in [0.25, 0.3) is 11.0 Å². The number of nitrogens with zero attached hydrogens (tertiary/aromatic N) is 3. The minimum atomic E-state index is -0.785. The summed E-state index contributed by atoms with van der Waals surface area (Å²) in [6.45, 7) is 6.94. The maximum atomic E-state index is 12.4. The normalized spacial score (nSPS) is 21.4. The Kier molecular flexibility index (Phi) is 6.65. The Morgan fingerprint density at radius 1 is 1.29 bits per heavy atom. The highest BCUT2D eigenvalue weighted by atomic mass is 16.6. The molecule has 1 N–H and O–H groups in total. The van der Waals surface area contributed by atoms with Gasteiger partial charge in [-0.15, -0.1) is 0 Å². The van der Waals surface area contributed by atoms with Crippen LogP contribution < -0.4 is 14.8 Å². The van der Waals surface area contributed by atoms with Crippen molar-refractivity contribution < 1.29 is 33.3 Å². The lowest BCUT2D eigenvalue weighted by Crippen LogP contribution is -2.49. The van der Waals surface area contributed by atoms with E-state index in [1.54, 1.807) is 16.5 Å². The van der Waals surface area contributed by atoms with Crippen molar-refractivity contribution in [2.45, 2.75) is 51.4 Å². The third kappa shape index (κ3) is 5.41. The fraction of sp³-hybridized carbons (Fsp3) is 0.565. The Bertz CT molecular complexity index is 1090. The molecule has 0 aliphatic carbocycles. The van der Waals surface area contributed by atoms with Crippen LogP contribution in [0.3, 0.4) is 0 Å². The molecule has 1 aromatic carbocycles. The molecule has 4 rings (SSSR count).